The van der Waals surface area contributed by atoms with Gasteiger partial charge in [0.1, 0.15) is 0 Å². The molecule has 0 amide bonds. The van der Waals surface area contributed by atoms with Crippen molar-refractivity contribution in [3.63, 3.8) is 0 Å². The Balaban J connectivity index is 2.53. The minimum absolute atomic E-state index is 0.348. The number of carbonyl (C=O) groups excluding carboxylic acids is 1. The lowest BCUT2D eigenvalue weighted by Gasteiger charge is -2.07. The number of nitrogens with two attached hydrogens (primary N) is 1. The molecule has 5 heteroatoms. The minimum Gasteiger partial charge on any atom is -0.465 e. The number of hydrogen-bond acceptors (Lipinski definition) is 5. The molecule has 0 atom stereocenters. The molecule has 2 heterocycles. The molecule has 0 radical (unpaired) electrons. The topological polar surface area (TPSA) is 65.2 Å². The first kappa shape index (κ1) is 11.6. The van der Waals surface area contributed by atoms with Crippen LogP contribution in [-0.4, -0.2) is 18.1 Å². The fraction of sp³-hybridized carbons (Fsp3) is 0.167. The molecule has 0 bridgehead atoms. The average molecular weight is 248 g/mol. The van der Waals surface area contributed by atoms with Gasteiger partial charge in [-0.1, -0.05) is 0 Å². The second-order valence-electron chi connectivity index (χ2n) is 3.56. The number of thiophene rings is 1. The first-order valence-corrected chi connectivity index (χ1v) is 5.89. The van der Waals surface area contributed by atoms with Gasteiger partial charge < -0.3 is 10.5 Å². The fourth-order valence-corrected chi connectivity index (χ4v) is 2.25. The molecule has 2 aromatic rings. The van der Waals surface area contributed by atoms with Crippen LogP contribution in [0.15, 0.2) is 23.7 Å². The van der Waals surface area contributed by atoms with Crippen LogP contribution >= 0.6 is 11.3 Å². The third-order valence-electron chi connectivity index (χ3n) is 2.40. The van der Waals surface area contributed by atoms with Gasteiger partial charge in [0.05, 0.1) is 24.1 Å². The Kier molecular flexibility index (Phi) is 3.10. The summed E-state index contributed by atoms with van der Waals surface area (Å²) >= 11 is 1.62. The van der Waals surface area contributed by atoms with Crippen molar-refractivity contribution < 1.29 is 9.53 Å². The molecule has 2 rings (SSSR count). The molecule has 0 spiro atoms. The Morgan fingerprint density at radius 3 is 2.88 bits per heavy atom. The number of aromatic nitrogens is 1. The van der Waals surface area contributed by atoms with Crippen molar-refractivity contribution in [2.75, 3.05) is 12.8 Å². The van der Waals surface area contributed by atoms with Crippen LogP contribution in [0.2, 0.25) is 0 Å². The standard InChI is InChI=1S/C12H12N2O2S/c1-7-5-8(6-17-7)11-10(13)9(3-4-14-11)12(15)16-2/h3-6H,13H2,1-2H3. The van der Waals surface area contributed by atoms with Crippen molar-refractivity contribution in [2.45, 2.75) is 6.92 Å². The SMILES string of the molecule is COC(=O)c1ccnc(-c2csc(C)c2)c1N. The van der Waals surface area contributed by atoms with Gasteiger partial charge in [-0.25, -0.2) is 4.79 Å². The normalized spacial score (nSPS) is 10.2. The number of nitrogen functional groups attached to an aromatic ring is 1. The van der Waals surface area contributed by atoms with Gasteiger partial charge in [-0.15, -0.1) is 11.3 Å². The number of aryl methyl sites for hydroxylation is 1. The minimum atomic E-state index is -0.446. The molecule has 0 saturated heterocycles. The number of carbonyl (C=O) groups is 1. The molecule has 0 unspecified atom stereocenters. The van der Waals surface area contributed by atoms with Gasteiger partial charge >= 0.3 is 5.97 Å². The number of nitrogens with zero attached hydrogens (tertiary/aromatic N) is 1. The Bertz CT molecular complexity index is 563. The summed E-state index contributed by atoms with van der Waals surface area (Å²) in [6.07, 6.45) is 1.56. The highest BCUT2D eigenvalue weighted by molar-refractivity contribution is 7.10. The Morgan fingerprint density at radius 1 is 1.53 bits per heavy atom. The van der Waals surface area contributed by atoms with Crippen LogP contribution in [0.3, 0.4) is 0 Å². The fourth-order valence-electron chi connectivity index (χ4n) is 1.56. The highest BCUT2D eigenvalue weighted by Gasteiger charge is 2.15. The summed E-state index contributed by atoms with van der Waals surface area (Å²) in [7, 11) is 1.33. The third kappa shape index (κ3) is 2.14. The van der Waals surface area contributed by atoms with Crippen molar-refractivity contribution in [1.29, 1.82) is 0 Å². The molecule has 2 N–H and O–H groups in total. The highest BCUT2D eigenvalue weighted by atomic mass is 32.1. The number of methoxy groups -OCH3 is 1. The van der Waals surface area contributed by atoms with Crippen molar-refractivity contribution in [2.24, 2.45) is 0 Å². The van der Waals surface area contributed by atoms with Gasteiger partial charge in [-0.05, 0) is 19.1 Å². The lowest BCUT2D eigenvalue weighted by atomic mass is 10.1. The van der Waals surface area contributed by atoms with Gasteiger partial charge in [-0.2, -0.15) is 0 Å². The van der Waals surface area contributed by atoms with E-state index in [1.165, 1.54) is 12.0 Å². The van der Waals surface area contributed by atoms with E-state index < -0.39 is 5.97 Å². The number of anilines is 1. The van der Waals surface area contributed by atoms with E-state index in [0.29, 0.717) is 16.9 Å². The van der Waals surface area contributed by atoms with Crippen LogP contribution in [0.5, 0.6) is 0 Å². The maximum Gasteiger partial charge on any atom is 0.340 e. The lowest BCUT2D eigenvalue weighted by Crippen LogP contribution is -2.07. The van der Waals surface area contributed by atoms with E-state index in [0.717, 1.165) is 5.56 Å². The molecule has 0 aromatic carbocycles. The Hall–Kier alpha value is -1.88. The third-order valence-corrected chi connectivity index (χ3v) is 3.26. The molecular formula is C12H12N2O2S. The van der Waals surface area contributed by atoms with Crippen molar-refractivity contribution >= 4 is 23.0 Å². The average Bonchev–Trinajstić information content (AvgIpc) is 2.75. The number of hydrogen-bond donors (Lipinski definition) is 1. The summed E-state index contributed by atoms with van der Waals surface area (Å²) in [6.45, 7) is 2.01. The van der Waals surface area contributed by atoms with E-state index in [1.807, 2.05) is 18.4 Å². The smallest absolute Gasteiger partial charge is 0.340 e. The molecule has 88 valence electrons. The molecule has 0 saturated carbocycles. The summed E-state index contributed by atoms with van der Waals surface area (Å²) in [5.41, 5.74) is 8.20. The second-order valence-corrected chi connectivity index (χ2v) is 4.67. The van der Waals surface area contributed by atoms with Crippen LogP contribution in [-0.2, 0) is 4.74 Å². The quantitative estimate of drug-likeness (QED) is 0.829. The zero-order chi connectivity index (χ0) is 12.4. The predicted molar refractivity (Wildman–Crippen MR) is 68.0 cm³/mol. The number of esters is 1. The summed E-state index contributed by atoms with van der Waals surface area (Å²) in [5, 5.41) is 1.97. The maximum atomic E-state index is 11.5. The summed E-state index contributed by atoms with van der Waals surface area (Å²) in [4.78, 5) is 16.9. The van der Waals surface area contributed by atoms with Gasteiger partial charge in [0.15, 0.2) is 0 Å². The molecule has 0 aliphatic rings. The van der Waals surface area contributed by atoms with Crippen LogP contribution in [0.4, 0.5) is 5.69 Å². The van der Waals surface area contributed by atoms with Gasteiger partial charge in [0, 0.05) is 22.0 Å². The van der Waals surface area contributed by atoms with E-state index in [2.05, 4.69) is 9.72 Å². The first-order valence-electron chi connectivity index (χ1n) is 5.01. The molecule has 4 nitrogen and oxygen atoms in total. The van der Waals surface area contributed by atoms with E-state index in [4.69, 9.17) is 5.73 Å². The molecular weight excluding hydrogens is 236 g/mol. The van der Waals surface area contributed by atoms with E-state index in [1.54, 1.807) is 23.6 Å². The van der Waals surface area contributed by atoms with Gasteiger partial charge in [-0.3, -0.25) is 4.98 Å². The van der Waals surface area contributed by atoms with Crippen LogP contribution in [0.1, 0.15) is 15.2 Å². The number of rotatable bonds is 2. The zero-order valence-corrected chi connectivity index (χ0v) is 10.4. The molecule has 0 aliphatic carbocycles. The van der Waals surface area contributed by atoms with Crippen LogP contribution in [0.25, 0.3) is 11.3 Å². The van der Waals surface area contributed by atoms with E-state index in [-0.39, 0.29) is 0 Å². The number of pyridine rings is 1. The molecule has 2 aromatic heterocycles. The number of ether oxygens (including phenoxy) is 1. The largest absolute Gasteiger partial charge is 0.465 e. The van der Waals surface area contributed by atoms with Crippen LogP contribution < -0.4 is 5.73 Å². The van der Waals surface area contributed by atoms with Gasteiger partial charge in [0.25, 0.3) is 0 Å². The first-order chi connectivity index (χ1) is 8.13. The summed E-state index contributed by atoms with van der Waals surface area (Å²) < 4.78 is 4.67. The Labute approximate surface area is 103 Å². The van der Waals surface area contributed by atoms with Crippen molar-refractivity contribution in [3.05, 3.63) is 34.2 Å². The van der Waals surface area contributed by atoms with Gasteiger partial charge in [0.2, 0.25) is 0 Å². The van der Waals surface area contributed by atoms with Crippen molar-refractivity contribution in [3.8, 4) is 11.3 Å². The maximum absolute atomic E-state index is 11.5. The molecule has 0 aliphatic heterocycles. The second kappa shape index (κ2) is 4.55. The zero-order valence-electron chi connectivity index (χ0n) is 9.56. The van der Waals surface area contributed by atoms with Crippen molar-refractivity contribution in [1.82, 2.24) is 4.98 Å². The highest BCUT2D eigenvalue weighted by Crippen LogP contribution is 2.29. The molecule has 0 fully saturated rings. The van der Waals surface area contributed by atoms with Crippen LogP contribution in [0, 0.1) is 6.92 Å². The Morgan fingerprint density at radius 2 is 2.29 bits per heavy atom. The summed E-state index contributed by atoms with van der Waals surface area (Å²) in [5.74, 6) is -0.446. The van der Waals surface area contributed by atoms with E-state index in [9.17, 15) is 4.79 Å². The van der Waals surface area contributed by atoms with E-state index >= 15 is 0 Å². The predicted octanol–water partition coefficient (Wildman–Crippen LogP) is 2.49. The monoisotopic (exact) mass is 248 g/mol. The lowest BCUT2D eigenvalue weighted by molar-refractivity contribution is 0.0602. The molecule has 17 heavy (non-hydrogen) atoms. The summed E-state index contributed by atoms with van der Waals surface area (Å²) in [6, 6.07) is 3.55.